The number of nitrogens with zero attached hydrogens (tertiary/aromatic N) is 1. The fraction of sp³-hybridized carbons (Fsp3) is 0.211. The summed E-state index contributed by atoms with van der Waals surface area (Å²) in [6, 6.07) is 13.3. The number of hydroxylamine groups is 2. The van der Waals surface area contributed by atoms with Gasteiger partial charge in [0, 0.05) is 6.42 Å². The molecule has 0 bridgehead atoms. The van der Waals surface area contributed by atoms with E-state index in [-0.39, 0.29) is 16.7 Å². The van der Waals surface area contributed by atoms with Gasteiger partial charge >= 0.3 is 5.97 Å². The Hall–Kier alpha value is -2.99. The number of hydrogen-bond acceptors (Lipinski definition) is 5. The number of hydrogen-bond donors (Lipinski definition) is 0. The van der Waals surface area contributed by atoms with Crippen LogP contribution in [0.2, 0.25) is 0 Å². The van der Waals surface area contributed by atoms with Crippen molar-refractivity contribution in [2.75, 3.05) is 6.61 Å². The first-order chi connectivity index (χ1) is 12.0. The number of imide groups is 1. The molecule has 2 aromatic carbocycles. The number of benzene rings is 2. The largest absolute Gasteiger partial charge is 0.370 e. The summed E-state index contributed by atoms with van der Waals surface area (Å²) in [5.41, 5.74) is 0.854. The van der Waals surface area contributed by atoms with E-state index < -0.39 is 23.4 Å². The molecule has 1 fully saturated rings. The summed E-state index contributed by atoms with van der Waals surface area (Å²) in [6.07, 6.45) is 0.782. The van der Waals surface area contributed by atoms with Crippen molar-refractivity contribution < 1.29 is 24.0 Å². The second-order valence-electron chi connectivity index (χ2n) is 6.20. The first-order valence-electron chi connectivity index (χ1n) is 7.95. The first kappa shape index (κ1) is 15.5. The second kappa shape index (κ2) is 5.53. The van der Waals surface area contributed by atoms with Crippen molar-refractivity contribution in [3.8, 4) is 0 Å². The Morgan fingerprint density at radius 2 is 1.60 bits per heavy atom. The van der Waals surface area contributed by atoms with E-state index >= 15 is 0 Å². The number of ether oxygens (including phenoxy) is 1. The van der Waals surface area contributed by atoms with Gasteiger partial charge in [-0.15, -0.1) is 0 Å². The SMILES string of the molecule is CC1(c2ccccc2C(=O)ON2C(=O)c3ccccc3C2=O)CCO1. The molecule has 6 nitrogen and oxygen atoms in total. The van der Waals surface area contributed by atoms with Crippen molar-refractivity contribution >= 4 is 17.8 Å². The van der Waals surface area contributed by atoms with E-state index in [0.29, 0.717) is 17.2 Å². The van der Waals surface area contributed by atoms with Gasteiger partial charge in [0.05, 0.1) is 28.9 Å². The molecule has 0 aliphatic carbocycles. The van der Waals surface area contributed by atoms with Crippen LogP contribution in [0.1, 0.15) is 50.0 Å². The molecule has 2 heterocycles. The Labute approximate surface area is 143 Å². The van der Waals surface area contributed by atoms with Crippen LogP contribution in [-0.2, 0) is 15.2 Å². The van der Waals surface area contributed by atoms with E-state index in [1.807, 2.05) is 6.92 Å². The molecule has 0 spiro atoms. The first-order valence-corrected chi connectivity index (χ1v) is 7.95. The third-order valence-corrected chi connectivity index (χ3v) is 4.65. The lowest BCUT2D eigenvalue weighted by Crippen LogP contribution is -2.40. The fourth-order valence-electron chi connectivity index (χ4n) is 3.13. The lowest BCUT2D eigenvalue weighted by atomic mass is 9.85. The molecule has 0 N–H and O–H groups in total. The lowest BCUT2D eigenvalue weighted by Gasteiger charge is -2.39. The highest BCUT2D eigenvalue weighted by Crippen LogP contribution is 2.38. The third kappa shape index (κ3) is 2.34. The summed E-state index contributed by atoms with van der Waals surface area (Å²) in [5.74, 6) is -2.04. The summed E-state index contributed by atoms with van der Waals surface area (Å²) in [4.78, 5) is 42.4. The zero-order valence-corrected chi connectivity index (χ0v) is 13.5. The number of amides is 2. The molecule has 0 aromatic heterocycles. The average Bonchev–Trinajstić information content (AvgIpc) is 2.85. The van der Waals surface area contributed by atoms with Gasteiger partial charge in [-0.2, -0.15) is 0 Å². The number of fused-ring (bicyclic) bond motifs is 1. The molecular formula is C19H15NO5. The van der Waals surface area contributed by atoms with Crippen LogP contribution < -0.4 is 0 Å². The predicted octanol–water partition coefficient (Wildman–Crippen LogP) is 2.69. The molecule has 1 saturated heterocycles. The van der Waals surface area contributed by atoms with Gasteiger partial charge in [-0.25, -0.2) is 4.79 Å². The smallest absolute Gasteiger partial charge is 0.364 e. The molecule has 1 atom stereocenters. The second-order valence-corrected chi connectivity index (χ2v) is 6.20. The van der Waals surface area contributed by atoms with Crippen LogP contribution in [0.4, 0.5) is 0 Å². The molecule has 2 aliphatic rings. The van der Waals surface area contributed by atoms with Gasteiger partial charge < -0.3 is 9.57 Å². The molecule has 2 amide bonds. The Morgan fingerprint density at radius 3 is 2.16 bits per heavy atom. The van der Waals surface area contributed by atoms with Crippen molar-refractivity contribution in [1.29, 1.82) is 0 Å². The van der Waals surface area contributed by atoms with E-state index in [1.54, 1.807) is 36.4 Å². The van der Waals surface area contributed by atoms with Crippen molar-refractivity contribution in [3.05, 3.63) is 70.8 Å². The zero-order valence-electron chi connectivity index (χ0n) is 13.5. The van der Waals surface area contributed by atoms with Crippen LogP contribution >= 0.6 is 0 Å². The maximum absolute atomic E-state index is 12.6. The highest BCUT2D eigenvalue weighted by atomic mass is 16.7. The number of carbonyl (C=O) groups is 3. The van der Waals surface area contributed by atoms with Crippen molar-refractivity contribution in [1.82, 2.24) is 5.06 Å². The topological polar surface area (TPSA) is 72.9 Å². The fourth-order valence-corrected chi connectivity index (χ4v) is 3.13. The minimum Gasteiger partial charge on any atom is -0.370 e. The third-order valence-electron chi connectivity index (χ3n) is 4.65. The molecule has 25 heavy (non-hydrogen) atoms. The van der Waals surface area contributed by atoms with Crippen molar-refractivity contribution in [3.63, 3.8) is 0 Å². The Kier molecular flexibility index (Phi) is 3.43. The maximum Gasteiger partial charge on any atom is 0.364 e. The summed E-state index contributed by atoms with van der Waals surface area (Å²) < 4.78 is 5.60. The molecule has 4 rings (SSSR count). The van der Waals surface area contributed by atoms with Gasteiger partial charge in [0.2, 0.25) is 0 Å². The van der Waals surface area contributed by atoms with Gasteiger partial charge in [0.15, 0.2) is 0 Å². The van der Waals surface area contributed by atoms with Crippen LogP contribution in [0, 0.1) is 0 Å². The van der Waals surface area contributed by atoms with E-state index in [0.717, 1.165) is 6.42 Å². The lowest BCUT2D eigenvalue weighted by molar-refractivity contribution is -0.141. The van der Waals surface area contributed by atoms with E-state index in [1.165, 1.54) is 12.1 Å². The monoisotopic (exact) mass is 337 g/mol. The van der Waals surface area contributed by atoms with Crippen LogP contribution in [0.5, 0.6) is 0 Å². The summed E-state index contributed by atoms with van der Waals surface area (Å²) in [6.45, 7) is 2.52. The van der Waals surface area contributed by atoms with Crippen LogP contribution in [0.15, 0.2) is 48.5 Å². The molecule has 126 valence electrons. The molecule has 0 radical (unpaired) electrons. The van der Waals surface area contributed by atoms with Gasteiger partial charge in [-0.05, 0) is 30.7 Å². The summed E-state index contributed by atoms with van der Waals surface area (Å²) >= 11 is 0. The highest BCUT2D eigenvalue weighted by molar-refractivity contribution is 6.21. The van der Waals surface area contributed by atoms with Crippen LogP contribution in [0.25, 0.3) is 0 Å². The van der Waals surface area contributed by atoms with E-state index in [2.05, 4.69) is 0 Å². The van der Waals surface area contributed by atoms with Gasteiger partial charge in [0.25, 0.3) is 11.8 Å². The van der Waals surface area contributed by atoms with Crippen LogP contribution in [0.3, 0.4) is 0 Å². The molecule has 6 heteroatoms. The molecule has 2 aliphatic heterocycles. The molecular weight excluding hydrogens is 322 g/mol. The highest BCUT2D eigenvalue weighted by Gasteiger charge is 2.41. The zero-order chi connectivity index (χ0) is 17.6. The maximum atomic E-state index is 12.6. The van der Waals surface area contributed by atoms with E-state index in [9.17, 15) is 14.4 Å². The Morgan fingerprint density at radius 1 is 1.04 bits per heavy atom. The van der Waals surface area contributed by atoms with Crippen molar-refractivity contribution in [2.24, 2.45) is 0 Å². The van der Waals surface area contributed by atoms with Gasteiger partial charge in [0.1, 0.15) is 0 Å². The minimum atomic E-state index is -0.762. The standard InChI is InChI=1S/C19H15NO5/c1-19(10-11-24-19)15-9-5-4-8-14(15)18(23)25-20-16(21)12-6-2-3-7-13(12)17(20)22/h2-9H,10-11H2,1H3. The number of carbonyl (C=O) groups excluding carboxylic acids is 3. The molecule has 1 unspecified atom stereocenters. The number of rotatable bonds is 3. The average molecular weight is 337 g/mol. The Balaban J connectivity index is 1.62. The van der Waals surface area contributed by atoms with Crippen LogP contribution in [-0.4, -0.2) is 29.5 Å². The summed E-state index contributed by atoms with van der Waals surface area (Å²) in [5, 5.41) is 0.522. The normalized spacial score (nSPS) is 21.7. The minimum absolute atomic E-state index is 0.225. The van der Waals surface area contributed by atoms with Crippen molar-refractivity contribution in [2.45, 2.75) is 18.9 Å². The quantitative estimate of drug-likeness (QED) is 0.805. The van der Waals surface area contributed by atoms with Gasteiger partial charge in [-0.3, -0.25) is 9.59 Å². The Bertz CT molecular complexity index is 865. The molecule has 2 aromatic rings. The predicted molar refractivity (Wildman–Crippen MR) is 86.7 cm³/mol. The van der Waals surface area contributed by atoms with E-state index in [4.69, 9.17) is 9.57 Å². The summed E-state index contributed by atoms with van der Waals surface area (Å²) in [7, 11) is 0. The molecule has 0 saturated carbocycles. The van der Waals surface area contributed by atoms with Gasteiger partial charge in [-0.1, -0.05) is 35.4 Å².